The van der Waals surface area contributed by atoms with E-state index in [-0.39, 0.29) is 0 Å². The second-order valence-corrected chi connectivity index (χ2v) is 6.61. The highest BCUT2D eigenvalue weighted by molar-refractivity contribution is 5.02. The summed E-state index contributed by atoms with van der Waals surface area (Å²) in [5, 5.41) is 0. The van der Waals surface area contributed by atoms with Crippen LogP contribution in [-0.4, -0.2) is 0 Å². The van der Waals surface area contributed by atoms with Crippen LogP contribution in [0.1, 0.15) is 66.2 Å². The summed E-state index contributed by atoms with van der Waals surface area (Å²) in [4.78, 5) is 0. The van der Waals surface area contributed by atoms with Crippen molar-refractivity contribution in [2.45, 2.75) is 66.2 Å². The molecule has 0 aromatic rings. The molecule has 0 heteroatoms. The molecule has 3 unspecified atom stereocenters. The number of rotatable bonds is 3. The third-order valence-corrected chi connectivity index (χ3v) is 5.78. The maximum atomic E-state index is 2.53. The first kappa shape index (κ1) is 11.5. The second-order valence-electron chi connectivity index (χ2n) is 6.61. The van der Waals surface area contributed by atoms with Gasteiger partial charge in [-0.15, -0.1) is 0 Å². The van der Waals surface area contributed by atoms with E-state index in [1.165, 1.54) is 25.7 Å². The fraction of sp³-hybridized carbons (Fsp3) is 1.00. The topological polar surface area (TPSA) is 0 Å². The third-order valence-electron chi connectivity index (χ3n) is 5.78. The predicted molar refractivity (Wildman–Crippen MR) is 66.8 cm³/mol. The largest absolute Gasteiger partial charge is 0.0654 e. The highest BCUT2D eigenvalue weighted by atomic mass is 14.6. The van der Waals surface area contributed by atoms with Crippen molar-refractivity contribution in [1.29, 1.82) is 0 Å². The Morgan fingerprint density at radius 3 is 2.40 bits per heavy atom. The lowest BCUT2D eigenvalue weighted by atomic mass is 9.54. The van der Waals surface area contributed by atoms with Crippen LogP contribution in [0.15, 0.2) is 0 Å². The lowest BCUT2D eigenvalue weighted by Crippen LogP contribution is -2.42. The van der Waals surface area contributed by atoms with Gasteiger partial charge >= 0.3 is 0 Å². The quantitative estimate of drug-likeness (QED) is 0.620. The molecule has 2 bridgehead atoms. The Bertz CT molecular complexity index is 212. The first-order chi connectivity index (χ1) is 7.09. The summed E-state index contributed by atoms with van der Waals surface area (Å²) in [6, 6.07) is 0. The molecule has 88 valence electrons. The van der Waals surface area contributed by atoms with Crippen molar-refractivity contribution in [3.8, 4) is 0 Å². The Morgan fingerprint density at radius 1 is 1.13 bits per heavy atom. The predicted octanol–water partition coefficient (Wildman–Crippen LogP) is 4.89. The first-order valence-corrected chi connectivity index (χ1v) is 7.09. The molecule has 15 heavy (non-hydrogen) atoms. The first-order valence-electron chi connectivity index (χ1n) is 7.09. The van der Waals surface area contributed by atoms with Gasteiger partial charge in [-0.25, -0.2) is 0 Å². The number of fused-ring (bicyclic) bond motifs is 3. The summed E-state index contributed by atoms with van der Waals surface area (Å²) in [5.74, 6) is 4.02. The van der Waals surface area contributed by atoms with Crippen molar-refractivity contribution in [2.75, 3.05) is 0 Å². The Hall–Kier alpha value is 0. The molecule has 3 saturated carbocycles. The zero-order chi connectivity index (χ0) is 11.1. The zero-order valence-electron chi connectivity index (χ0n) is 11.1. The van der Waals surface area contributed by atoms with Crippen LogP contribution in [0.4, 0.5) is 0 Å². The Balaban J connectivity index is 2.04. The number of hydrogen-bond donors (Lipinski definition) is 0. The minimum atomic E-state index is 0.777. The van der Waals surface area contributed by atoms with Crippen molar-refractivity contribution >= 4 is 0 Å². The zero-order valence-corrected chi connectivity index (χ0v) is 11.1. The molecule has 3 atom stereocenters. The van der Waals surface area contributed by atoms with E-state index in [2.05, 4.69) is 27.7 Å². The van der Waals surface area contributed by atoms with Gasteiger partial charge in [-0.3, -0.25) is 0 Å². The van der Waals surface area contributed by atoms with Crippen LogP contribution >= 0.6 is 0 Å². The van der Waals surface area contributed by atoms with Crippen molar-refractivity contribution in [2.24, 2.45) is 29.1 Å². The van der Waals surface area contributed by atoms with Crippen LogP contribution in [0, 0.1) is 29.1 Å². The monoisotopic (exact) mass is 208 g/mol. The van der Waals surface area contributed by atoms with Gasteiger partial charge < -0.3 is 0 Å². The fourth-order valence-electron chi connectivity index (χ4n) is 4.23. The van der Waals surface area contributed by atoms with Gasteiger partial charge in [0, 0.05) is 0 Å². The Kier molecular flexibility index (Phi) is 3.14. The van der Waals surface area contributed by atoms with Crippen molar-refractivity contribution < 1.29 is 0 Å². The molecule has 0 amide bonds. The molecule has 0 aromatic carbocycles. The SMILES string of the molecule is CCCCC12CC(C1)C(C)C(C)CC2C. The van der Waals surface area contributed by atoms with Crippen LogP contribution in [0.5, 0.6) is 0 Å². The fourth-order valence-corrected chi connectivity index (χ4v) is 4.23. The van der Waals surface area contributed by atoms with Gasteiger partial charge in [0.25, 0.3) is 0 Å². The summed E-state index contributed by atoms with van der Waals surface area (Å²) in [7, 11) is 0. The molecule has 0 spiro atoms. The maximum absolute atomic E-state index is 2.53. The number of hydrogen-bond acceptors (Lipinski definition) is 0. The normalized spacial score (nSPS) is 49.6. The maximum Gasteiger partial charge on any atom is -0.0266 e. The van der Waals surface area contributed by atoms with Gasteiger partial charge in [0.15, 0.2) is 0 Å². The van der Waals surface area contributed by atoms with E-state index in [1.54, 1.807) is 12.8 Å². The number of unbranched alkanes of at least 4 members (excludes halogenated alkanes) is 1. The lowest BCUT2D eigenvalue weighted by molar-refractivity contribution is -0.0119. The molecular weight excluding hydrogens is 180 g/mol. The Morgan fingerprint density at radius 2 is 1.80 bits per heavy atom. The van der Waals surface area contributed by atoms with Crippen LogP contribution in [0.2, 0.25) is 0 Å². The lowest BCUT2D eigenvalue weighted by Gasteiger charge is -2.51. The summed E-state index contributed by atoms with van der Waals surface area (Å²) < 4.78 is 0. The second kappa shape index (κ2) is 4.11. The summed E-state index contributed by atoms with van der Waals surface area (Å²) >= 11 is 0. The molecule has 3 rings (SSSR count). The molecule has 0 saturated heterocycles. The molecule has 3 aliphatic rings. The summed E-state index contributed by atoms with van der Waals surface area (Å²) in [6.45, 7) is 9.84. The highest BCUT2D eigenvalue weighted by Crippen LogP contribution is 2.61. The van der Waals surface area contributed by atoms with E-state index in [4.69, 9.17) is 0 Å². The average molecular weight is 208 g/mol. The van der Waals surface area contributed by atoms with E-state index in [0.717, 1.165) is 29.1 Å². The molecule has 0 N–H and O–H groups in total. The molecular formula is C15H28. The molecule has 0 radical (unpaired) electrons. The van der Waals surface area contributed by atoms with E-state index in [1.807, 2.05) is 0 Å². The standard InChI is InChI=1S/C15H28/c1-5-6-7-15-9-14(10-15)13(4)11(2)8-12(15)3/h11-14H,5-10H2,1-4H3. The van der Waals surface area contributed by atoms with Crippen molar-refractivity contribution in [1.82, 2.24) is 0 Å². The van der Waals surface area contributed by atoms with E-state index in [9.17, 15) is 0 Å². The van der Waals surface area contributed by atoms with Crippen LogP contribution < -0.4 is 0 Å². The third kappa shape index (κ3) is 1.85. The summed E-state index contributed by atoms with van der Waals surface area (Å²) in [5.41, 5.74) is 0.777. The minimum absolute atomic E-state index is 0.777. The highest BCUT2D eigenvalue weighted by Gasteiger charge is 2.52. The Labute approximate surface area is 95.8 Å². The van der Waals surface area contributed by atoms with Gasteiger partial charge in [0.1, 0.15) is 0 Å². The smallest absolute Gasteiger partial charge is 0.0266 e. The van der Waals surface area contributed by atoms with Gasteiger partial charge in [0.2, 0.25) is 0 Å². The van der Waals surface area contributed by atoms with Gasteiger partial charge in [0.05, 0.1) is 0 Å². The van der Waals surface area contributed by atoms with Crippen molar-refractivity contribution in [3.05, 3.63) is 0 Å². The molecule has 0 nitrogen and oxygen atoms in total. The van der Waals surface area contributed by atoms with Crippen molar-refractivity contribution in [3.63, 3.8) is 0 Å². The molecule has 0 aromatic heterocycles. The van der Waals surface area contributed by atoms with Gasteiger partial charge in [-0.05, 0) is 54.8 Å². The van der Waals surface area contributed by atoms with Crippen LogP contribution in [-0.2, 0) is 0 Å². The van der Waals surface area contributed by atoms with E-state index < -0.39 is 0 Å². The van der Waals surface area contributed by atoms with E-state index in [0.29, 0.717) is 0 Å². The van der Waals surface area contributed by atoms with Crippen LogP contribution in [0.25, 0.3) is 0 Å². The minimum Gasteiger partial charge on any atom is -0.0654 e. The van der Waals surface area contributed by atoms with Crippen LogP contribution in [0.3, 0.4) is 0 Å². The van der Waals surface area contributed by atoms with Gasteiger partial charge in [-0.1, -0.05) is 40.5 Å². The van der Waals surface area contributed by atoms with E-state index >= 15 is 0 Å². The average Bonchev–Trinajstić information content (AvgIpc) is 2.27. The molecule has 0 heterocycles. The molecule has 3 aliphatic carbocycles. The molecule has 0 aliphatic heterocycles. The summed E-state index contributed by atoms with van der Waals surface area (Å²) in [6.07, 6.45) is 8.95. The van der Waals surface area contributed by atoms with Gasteiger partial charge in [-0.2, -0.15) is 0 Å². The molecule has 3 fully saturated rings.